The van der Waals surface area contributed by atoms with Crippen LogP contribution in [0.1, 0.15) is 89.0 Å². The molecule has 2 fully saturated rings. The molecule has 48 heavy (non-hydrogen) atoms. The van der Waals surface area contributed by atoms with Crippen molar-refractivity contribution in [2.75, 3.05) is 20.3 Å². The van der Waals surface area contributed by atoms with Gasteiger partial charge in [-0.05, 0) is 24.7 Å². The number of H-pyrrole nitrogens is 2. The van der Waals surface area contributed by atoms with Gasteiger partial charge in [-0.3, -0.25) is 16.6 Å². The molecule has 3 N–H and O–H groups in total. The quantitative estimate of drug-likeness (QED) is 0.302. The van der Waals surface area contributed by atoms with E-state index < -0.39 is 23.8 Å². The van der Waals surface area contributed by atoms with Crippen molar-refractivity contribution in [2.24, 2.45) is 17.8 Å². The first-order valence-electron chi connectivity index (χ1n) is 14.7. The monoisotopic (exact) mass is 991 g/mol. The molecule has 5 atom stereocenters. The molecule has 3 amide bonds. The number of likely N-dealkylation sites (tertiary alicyclic amines) is 1. The molecule has 4 rings (SSSR count). The van der Waals surface area contributed by atoms with Crippen molar-refractivity contribution in [3.05, 3.63) is 49.4 Å². The Labute approximate surface area is 344 Å². The third-order valence-electron chi connectivity index (χ3n) is 8.62. The van der Waals surface area contributed by atoms with E-state index in [2.05, 4.69) is 39.2 Å². The number of nitrogens with one attached hydrogen (secondary N) is 3. The number of hydrogen-bond donors (Lipinski definition) is 3. The molecule has 0 unspecified atom stereocenters. The van der Waals surface area contributed by atoms with Crippen LogP contribution in [-0.2, 0) is 25.5 Å². The Balaban J connectivity index is -0.00000337. The molecule has 2 aliphatic heterocycles. The summed E-state index contributed by atoms with van der Waals surface area (Å²) in [7, 11) is 5.21. The molecule has 2 aliphatic rings. The van der Waals surface area contributed by atoms with E-state index in [1.807, 2.05) is 34.6 Å². The Morgan fingerprint density at radius 1 is 1.06 bits per heavy atom. The van der Waals surface area contributed by atoms with Gasteiger partial charge in [-0.25, -0.2) is 14.8 Å². The number of amides is 3. The Morgan fingerprint density at radius 3 is 2.21 bits per heavy atom. The summed E-state index contributed by atoms with van der Waals surface area (Å²) in [6, 6.07) is -1.63. The molecule has 0 aromatic carbocycles. The standard InChI is InChI=1S/C30H45N7O5.5H2S.U/c1-17(2)19(5)27(38)36(7)20(6)25-31-14-21(33-25)12-22-15-32-26(34-22)23-13-30(10-9-11-42-30)16-37(23)28(39)24(18(3)4)35-29(40)41-8;;;;;;/h14-15,17-20,23-24H,6-7,9-13,16H2,1-5,8H3,(H,31,33)(H,32,34)(H,35,40);5*1H2;/q-2;;;;;;+2/t19-,20-,23-,24-,30-;;;;;;/m0....../s1. The predicted molar refractivity (Wildman–Crippen MR) is 207 cm³/mol. The molecule has 0 radical (unpaired) electrons. The third-order valence-corrected chi connectivity index (χ3v) is 8.62. The maximum absolute atomic E-state index is 13.8. The van der Waals surface area contributed by atoms with E-state index in [4.69, 9.17) is 9.47 Å². The van der Waals surface area contributed by atoms with Gasteiger partial charge in [-0.1, -0.05) is 40.7 Å². The number of imidazole rings is 2. The van der Waals surface area contributed by atoms with Crippen LogP contribution in [-0.4, -0.2) is 79.5 Å². The van der Waals surface area contributed by atoms with E-state index in [1.165, 1.54) is 12.0 Å². The van der Waals surface area contributed by atoms with Crippen LogP contribution in [0, 0.1) is 62.8 Å². The second kappa shape index (κ2) is 22.4. The summed E-state index contributed by atoms with van der Waals surface area (Å²) >= 11 is 0. The van der Waals surface area contributed by atoms with Gasteiger partial charge in [0, 0.05) is 49.1 Å². The molecule has 18 heteroatoms. The van der Waals surface area contributed by atoms with Gasteiger partial charge >= 0.3 is 37.2 Å². The summed E-state index contributed by atoms with van der Waals surface area (Å²) in [4.78, 5) is 57.5. The average Bonchev–Trinajstić information content (AvgIpc) is 3.78. The predicted octanol–water partition coefficient (Wildman–Crippen LogP) is 4.28. The molecule has 274 valence electrons. The van der Waals surface area contributed by atoms with Crippen LogP contribution in [0.4, 0.5) is 4.79 Å². The number of hydrogen-bond acceptors (Lipinski definition) is 7. The van der Waals surface area contributed by atoms with Crippen LogP contribution in [0.25, 0.3) is 0 Å². The maximum Gasteiger partial charge on any atom is 2.00 e. The van der Waals surface area contributed by atoms with E-state index >= 15 is 0 Å². The van der Waals surface area contributed by atoms with Crippen LogP contribution in [0.3, 0.4) is 0 Å². The normalized spacial score (nSPS) is 19.7. The SMILES string of the molecule is S.S.S.S.S.[CH2-][C@@H](c1ncc(Cc2cnc([C@@H]3C[C@@]4(CCCO4)CN3C(=O)[C@@H](NC(=O)OC)C(C)C)[nH]2)[nH]1)N([CH2-])C(=O)[C@@H](C)C(C)C.[U+2]. The summed E-state index contributed by atoms with van der Waals surface area (Å²) in [6.07, 6.45) is 5.74. The summed E-state index contributed by atoms with van der Waals surface area (Å²) < 4.78 is 10.9. The van der Waals surface area contributed by atoms with E-state index in [0.717, 1.165) is 24.2 Å². The Kier molecular flexibility index (Phi) is 24.1. The summed E-state index contributed by atoms with van der Waals surface area (Å²) in [5.41, 5.74) is 1.24. The first-order chi connectivity index (χ1) is 19.9. The number of carbonyl (C=O) groups is 3. The smallest absolute Gasteiger partial charge is 0.511 e. The fraction of sp³-hybridized carbons (Fsp3) is 0.633. The summed E-state index contributed by atoms with van der Waals surface area (Å²) in [5.74, 6) is 0.819. The molecular formula is C30H55N7O5S5U. The minimum atomic E-state index is -0.743. The fourth-order valence-electron chi connectivity index (χ4n) is 5.67. The van der Waals surface area contributed by atoms with Crippen molar-refractivity contribution < 1.29 is 55.0 Å². The number of alkyl carbamates (subject to hydrolysis) is 1. The molecular weight excluding hydrogens is 937 g/mol. The number of aromatic nitrogens is 4. The first kappa shape index (κ1) is 51.8. The van der Waals surface area contributed by atoms with Crippen molar-refractivity contribution in [3.8, 4) is 0 Å². The molecule has 2 aromatic heterocycles. The Morgan fingerprint density at radius 2 is 1.67 bits per heavy atom. The van der Waals surface area contributed by atoms with E-state index in [9.17, 15) is 14.4 Å². The van der Waals surface area contributed by atoms with Gasteiger partial charge in [0.25, 0.3) is 0 Å². The molecule has 2 aromatic rings. The number of methoxy groups -OCH3 is 1. The summed E-state index contributed by atoms with van der Waals surface area (Å²) in [6.45, 7) is 14.9. The van der Waals surface area contributed by atoms with Gasteiger partial charge in [-0.15, -0.1) is 0 Å². The number of ether oxygens (including phenoxy) is 2. The Hall–Kier alpha value is -0.608. The average molecular weight is 992 g/mol. The minimum absolute atomic E-state index is 0. The zero-order valence-electron chi connectivity index (χ0n) is 28.6. The molecule has 0 saturated carbocycles. The third kappa shape index (κ3) is 12.0. The second-order valence-electron chi connectivity index (χ2n) is 12.3. The van der Waals surface area contributed by atoms with Crippen LogP contribution in [0.5, 0.6) is 0 Å². The van der Waals surface area contributed by atoms with E-state index in [-0.39, 0.29) is 134 Å². The van der Waals surface area contributed by atoms with Crippen molar-refractivity contribution >= 4 is 85.4 Å². The van der Waals surface area contributed by atoms with Gasteiger partial charge in [0.05, 0.1) is 31.1 Å². The number of rotatable bonds is 10. The largest absolute Gasteiger partial charge is 2.00 e. The van der Waals surface area contributed by atoms with Crippen LogP contribution >= 0.6 is 67.5 Å². The molecule has 12 nitrogen and oxygen atoms in total. The number of aromatic amines is 2. The number of nitrogens with zero attached hydrogens (tertiary/aromatic N) is 4. The molecule has 0 aliphatic carbocycles. The fourth-order valence-corrected chi connectivity index (χ4v) is 5.67. The van der Waals surface area contributed by atoms with Gasteiger partial charge in [0.1, 0.15) is 11.9 Å². The van der Waals surface area contributed by atoms with Crippen molar-refractivity contribution in [1.29, 1.82) is 0 Å². The van der Waals surface area contributed by atoms with Gasteiger partial charge < -0.3 is 41.5 Å². The van der Waals surface area contributed by atoms with E-state index in [1.54, 1.807) is 17.3 Å². The first-order valence-corrected chi connectivity index (χ1v) is 14.7. The topological polar surface area (TPSA) is 146 Å². The van der Waals surface area contributed by atoms with Crippen LogP contribution in [0.15, 0.2) is 12.4 Å². The minimum Gasteiger partial charge on any atom is -0.511 e. The Bertz CT molecular complexity index is 1280. The van der Waals surface area contributed by atoms with Crippen molar-refractivity contribution in [3.63, 3.8) is 0 Å². The van der Waals surface area contributed by atoms with Crippen molar-refractivity contribution in [1.82, 2.24) is 35.1 Å². The molecule has 2 saturated heterocycles. The maximum atomic E-state index is 13.8. The van der Waals surface area contributed by atoms with Crippen LogP contribution in [0.2, 0.25) is 0 Å². The number of carbonyl (C=O) groups excluding carboxylic acids is 3. The zero-order valence-corrected chi connectivity index (χ0v) is 37.8. The molecule has 4 heterocycles. The second-order valence-corrected chi connectivity index (χ2v) is 12.3. The van der Waals surface area contributed by atoms with Gasteiger partial charge in [0.15, 0.2) is 5.91 Å². The van der Waals surface area contributed by atoms with Crippen LogP contribution < -0.4 is 5.32 Å². The van der Waals surface area contributed by atoms with Gasteiger partial charge in [-0.2, -0.15) is 67.5 Å². The zero-order chi connectivity index (χ0) is 30.8. The molecule has 0 bridgehead atoms. The van der Waals surface area contributed by atoms with E-state index in [0.29, 0.717) is 37.6 Å². The van der Waals surface area contributed by atoms with Crippen molar-refractivity contribution in [2.45, 2.75) is 84.0 Å². The van der Waals surface area contributed by atoms with Gasteiger partial charge in [0.2, 0.25) is 5.91 Å². The summed E-state index contributed by atoms with van der Waals surface area (Å²) in [5, 5.41) is 2.70. The molecule has 1 spiro atoms.